The summed E-state index contributed by atoms with van der Waals surface area (Å²) in [6, 6.07) is 15.6. The maximum atomic E-state index is 5.34. The lowest BCUT2D eigenvalue weighted by atomic mass is 10.2. The van der Waals surface area contributed by atoms with E-state index in [4.69, 9.17) is 17.0 Å². The van der Waals surface area contributed by atoms with Crippen LogP contribution < -0.4 is 4.74 Å². The monoisotopic (exact) mass is 268 g/mol. The highest BCUT2D eigenvalue weighted by molar-refractivity contribution is 7.71. The van der Waals surface area contributed by atoms with E-state index in [1.54, 1.807) is 7.11 Å². The Balaban J connectivity index is 2.22. The molecule has 3 aromatic rings. The van der Waals surface area contributed by atoms with Gasteiger partial charge in [-0.25, -0.2) is 4.98 Å². The number of methoxy groups -OCH3 is 1. The number of fused-ring (bicyclic) bond motifs is 1. The molecular formula is C15H12N2OS. The second-order valence-corrected chi connectivity index (χ2v) is 4.55. The lowest BCUT2D eigenvalue weighted by molar-refractivity contribution is 0.415. The standard InChI is InChI=1S/C15H12N2OS/c1-18-11-6-4-5-10(9-11)14-16-13-8-3-2-7-12(13)15(19)17-14/h2-9H,1H3,(H,16,17,19). The van der Waals surface area contributed by atoms with Crippen LogP contribution in [0.5, 0.6) is 5.75 Å². The average Bonchev–Trinajstić information content (AvgIpc) is 2.47. The number of nitrogens with one attached hydrogen (secondary N) is 1. The van der Waals surface area contributed by atoms with Gasteiger partial charge in [0.1, 0.15) is 16.2 Å². The van der Waals surface area contributed by atoms with E-state index in [9.17, 15) is 0 Å². The zero-order chi connectivity index (χ0) is 13.2. The predicted molar refractivity (Wildman–Crippen MR) is 78.9 cm³/mol. The molecule has 0 aliphatic rings. The first-order chi connectivity index (χ1) is 9.28. The first-order valence-corrected chi connectivity index (χ1v) is 6.32. The number of benzene rings is 2. The number of hydrogen-bond acceptors (Lipinski definition) is 3. The summed E-state index contributed by atoms with van der Waals surface area (Å²) in [4.78, 5) is 7.75. The molecule has 3 nitrogen and oxygen atoms in total. The molecule has 0 radical (unpaired) electrons. The van der Waals surface area contributed by atoms with Crippen molar-refractivity contribution >= 4 is 23.1 Å². The third-order valence-electron chi connectivity index (χ3n) is 2.97. The molecular weight excluding hydrogens is 256 g/mol. The summed E-state index contributed by atoms with van der Waals surface area (Å²) in [5.74, 6) is 1.55. The maximum Gasteiger partial charge on any atom is 0.139 e. The van der Waals surface area contributed by atoms with E-state index in [1.807, 2.05) is 48.5 Å². The Morgan fingerprint density at radius 3 is 2.79 bits per heavy atom. The van der Waals surface area contributed by atoms with Gasteiger partial charge in [-0.1, -0.05) is 36.5 Å². The number of aromatic amines is 1. The zero-order valence-electron chi connectivity index (χ0n) is 10.4. The SMILES string of the molecule is COc1cccc(-c2nc(=S)c3ccccc3[nH]2)c1. The molecule has 1 N–H and O–H groups in total. The first kappa shape index (κ1) is 11.9. The van der Waals surface area contributed by atoms with E-state index in [0.717, 1.165) is 28.0 Å². The van der Waals surface area contributed by atoms with Gasteiger partial charge < -0.3 is 9.72 Å². The molecule has 0 unspecified atom stereocenters. The van der Waals surface area contributed by atoms with E-state index in [1.165, 1.54) is 0 Å². The van der Waals surface area contributed by atoms with Crippen molar-refractivity contribution in [3.8, 4) is 17.1 Å². The Kier molecular flexibility index (Phi) is 3.01. The van der Waals surface area contributed by atoms with Crippen molar-refractivity contribution in [2.24, 2.45) is 0 Å². The van der Waals surface area contributed by atoms with E-state index < -0.39 is 0 Å². The Hall–Kier alpha value is -2.20. The van der Waals surface area contributed by atoms with Crippen LogP contribution in [0.15, 0.2) is 48.5 Å². The van der Waals surface area contributed by atoms with Crippen LogP contribution in [-0.4, -0.2) is 17.1 Å². The van der Waals surface area contributed by atoms with Crippen LogP contribution in [0.1, 0.15) is 0 Å². The molecule has 4 heteroatoms. The van der Waals surface area contributed by atoms with Crippen molar-refractivity contribution in [1.82, 2.24) is 9.97 Å². The summed E-state index contributed by atoms with van der Waals surface area (Å²) in [5, 5.41) is 0.962. The molecule has 3 rings (SSSR count). The third-order valence-corrected chi connectivity index (χ3v) is 3.28. The van der Waals surface area contributed by atoms with Gasteiger partial charge in [-0.05, 0) is 24.3 Å². The zero-order valence-corrected chi connectivity index (χ0v) is 11.2. The second kappa shape index (κ2) is 4.82. The Bertz CT molecular complexity index is 795. The molecule has 0 fully saturated rings. The van der Waals surface area contributed by atoms with E-state index in [2.05, 4.69) is 9.97 Å². The fraction of sp³-hybridized carbons (Fsp3) is 0.0667. The quantitative estimate of drug-likeness (QED) is 0.715. The summed E-state index contributed by atoms with van der Waals surface area (Å²) >= 11 is 5.34. The molecule has 2 aromatic carbocycles. The van der Waals surface area contributed by atoms with Crippen LogP contribution in [0.4, 0.5) is 0 Å². The molecule has 94 valence electrons. The fourth-order valence-electron chi connectivity index (χ4n) is 2.00. The third kappa shape index (κ3) is 2.22. The molecule has 19 heavy (non-hydrogen) atoms. The minimum absolute atomic E-state index is 0.604. The van der Waals surface area contributed by atoms with Gasteiger partial charge in [0.15, 0.2) is 0 Å². The molecule has 1 aromatic heterocycles. The summed E-state index contributed by atoms with van der Waals surface area (Å²) < 4.78 is 5.83. The van der Waals surface area contributed by atoms with Crippen LogP contribution >= 0.6 is 12.2 Å². The molecule has 1 heterocycles. The van der Waals surface area contributed by atoms with Crippen molar-refractivity contribution in [3.05, 3.63) is 53.2 Å². The van der Waals surface area contributed by atoms with E-state index in [0.29, 0.717) is 4.64 Å². The molecule has 0 saturated carbocycles. The number of para-hydroxylation sites is 1. The molecule has 0 saturated heterocycles. The molecule has 0 aliphatic carbocycles. The van der Waals surface area contributed by atoms with Gasteiger partial charge in [0.25, 0.3) is 0 Å². The predicted octanol–water partition coefficient (Wildman–Crippen LogP) is 3.97. The van der Waals surface area contributed by atoms with Crippen molar-refractivity contribution in [2.45, 2.75) is 0 Å². The molecule has 0 atom stereocenters. The summed E-state index contributed by atoms with van der Waals surface area (Å²) in [6.07, 6.45) is 0. The van der Waals surface area contributed by atoms with Crippen molar-refractivity contribution in [1.29, 1.82) is 0 Å². The van der Waals surface area contributed by atoms with Gasteiger partial charge in [0.05, 0.1) is 7.11 Å². The first-order valence-electron chi connectivity index (χ1n) is 5.91. The fourth-order valence-corrected chi connectivity index (χ4v) is 2.27. The van der Waals surface area contributed by atoms with Gasteiger partial charge in [0.2, 0.25) is 0 Å². The number of ether oxygens (including phenoxy) is 1. The molecule has 0 bridgehead atoms. The minimum atomic E-state index is 0.604. The van der Waals surface area contributed by atoms with Crippen LogP contribution in [-0.2, 0) is 0 Å². The van der Waals surface area contributed by atoms with Gasteiger partial charge in [-0.2, -0.15) is 0 Å². The Labute approximate surface area is 115 Å². The van der Waals surface area contributed by atoms with Crippen LogP contribution in [0.25, 0.3) is 22.3 Å². The Morgan fingerprint density at radius 1 is 1.11 bits per heavy atom. The largest absolute Gasteiger partial charge is 0.497 e. The van der Waals surface area contributed by atoms with Crippen LogP contribution in [0, 0.1) is 4.64 Å². The average molecular weight is 268 g/mol. The summed E-state index contributed by atoms with van der Waals surface area (Å²) in [6.45, 7) is 0. The number of H-pyrrole nitrogens is 1. The summed E-state index contributed by atoms with van der Waals surface area (Å²) in [5.41, 5.74) is 1.94. The Morgan fingerprint density at radius 2 is 1.95 bits per heavy atom. The normalized spacial score (nSPS) is 10.6. The number of nitrogens with zero attached hydrogens (tertiary/aromatic N) is 1. The highest BCUT2D eigenvalue weighted by Gasteiger charge is 2.04. The maximum absolute atomic E-state index is 5.34. The second-order valence-electron chi connectivity index (χ2n) is 4.17. The number of rotatable bonds is 2. The van der Waals surface area contributed by atoms with Gasteiger partial charge in [-0.15, -0.1) is 0 Å². The lowest BCUT2D eigenvalue weighted by Gasteiger charge is -2.06. The van der Waals surface area contributed by atoms with Crippen LogP contribution in [0.2, 0.25) is 0 Å². The van der Waals surface area contributed by atoms with Crippen LogP contribution in [0.3, 0.4) is 0 Å². The molecule has 0 aliphatic heterocycles. The number of hydrogen-bond donors (Lipinski definition) is 1. The van der Waals surface area contributed by atoms with Crippen molar-refractivity contribution < 1.29 is 4.74 Å². The highest BCUT2D eigenvalue weighted by Crippen LogP contribution is 2.23. The van der Waals surface area contributed by atoms with Gasteiger partial charge >= 0.3 is 0 Å². The van der Waals surface area contributed by atoms with Gasteiger partial charge in [0, 0.05) is 16.5 Å². The smallest absolute Gasteiger partial charge is 0.139 e. The van der Waals surface area contributed by atoms with E-state index in [-0.39, 0.29) is 0 Å². The summed E-state index contributed by atoms with van der Waals surface area (Å²) in [7, 11) is 1.65. The topological polar surface area (TPSA) is 37.9 Å². The molecule has 0 amide bonds. The van der Waals surface area contributed by atoms with Crippen molar-refractivity contribution in [3.63, 3.8) is 0 Å². The van der Waals surface area contributed by atoms with Gasteiger partial charge in [-0.3, -0.25) is 0 Å². The number of aromatic nitrogens is 2. The molecule has 0 spiro atoms. The minimum Gasteiger partial charge on any atom is -0.497 e. The highest BCUT2D eigenvalue weighted by atomic mass is 32.1. The van der Waals surface area contributed by atoms with E-state index >= 15 is 0 Å². The van der Waals surface area contributed by atoms with Crippen molar-refractivity contribution in [2.75, 3.05) is 7.11 Å². The lowest BCUT2D eigenvalue weighted by Crippen LogP contribution is -1.92.